The van der Waals surface area contributed by atoms with E-state index in [9.17, 15) is 14.7 Å². The molecule has 0 saturated carbocycles. The number of aromatic amines is 2. The van der Waals surface area contributed by atoms with Crippen molar-refractivity contribution >= 4 is 42.0 Å². The number of hydrogen-bond acceptors (Lipinski definition) is 3. The molecule has 8 heteroatoms. The highest BCUT2D eigenvalue weighted by molar-refractivity contribution is 6.07. The minimum Gasteiger partial charge on any atom is -0.565 e. The molecule has 0 unspecified atom stereocenters. The van der Waals surface area contributed by atoms with Crippen LogP contribution in [0.5, 0.6) is 0 Å². The van der Waals surface area contributed by atoms with E-state index < -0.39 is 11.9 Å². The fourth-order valence-corrected chi connectivity index (χ4v) is 5.68. The van der Waals surface area contributed by atoms with Crippen LogP contribution in [-0.2, 0) is 16.0 Å². The first-order valence-corrected chi connectivity index (χ1v) is 14.0. The number of carboxylic acid groups (broad SMARTS) is 1. The molecule has 0 atom stereocenters. The maximum absolute atomic E-state index is 11.6. The van der Waals surface area contributed by atoms with Gasteiger partial charge in [0.05, 0.1) is 5.71 Å². The Hall–Kier alpha value is -4.69. The highest BCUT2D eigenvalue weighted by Gasteiger charge is 2.26. The van der Waals surface area contributed by atoms with E-state index in [1.54, 1.807) is 0 Å². The van der Waals surface area contributed by atoms with E-state index in [4.69, 9.17) is 10.5 Å². The summed E-state index contributed by atoms with van der Waals surface area (Å²) in [5, 5.41) is 29.6. The average Bonchev–Trinajstić information content (AvgIpc) is 3.51. The van der Waals surface area contributed by atoms with Gasteiger partial charge in [0.1, 0.15) is 17.8 Å². The molecule has 0 amide bonds. The Morgan fingerprint density at radius 1 is 0.952 bits per heavy atom. The highest BCUT2D eigenvalue weighted by atomic mass is 16.4. The fourth-order valence-electron chi connectivity index (χ4n) is 5.68. The Balaban J connectivity index is 2.03. The van der Waals surface area contributed by atoms with Gasteiger partial charge < -0.3 is 25.6 Å². The molecule has 8 nitrogen and oxygen atoms in total. The van der Waals surface area contributed by atoms with Crippen LogP contribution in [0.4, 0.5) is 0 Å². The van der Waals surface area contributed by atoms with Gasteiger partial charge in [-0.25, -0.2) is 0 Å². The molecule has 218 valence electrons. The molecule has 42 heavy (non-hydrogen) atoms. The van der Waals surface area contributed by atoms with Crippen LogP contribution in [0.15, 0.2) is 59.0 Å². The van der Waals surface area contributed by atoms with Crippen LogP contribution in [-0.4, -0.2) is 37.8 Å². The van der Waals surface area contributed by atoms with Crippen LogP contribution < -0.4 is 16.0 Å². The first-order chi connectivity index (χ1) is 19.9. The Labute approximate surface area is 245 Å². The molecule has 2 aliphatic heterocycles. The lowest BCUT2D eigenvalue weighted by atomic mass is 9.96. The normalized spacial score (nSPS) is 15.5. The topological polar surface area (TPSA) is 149 Å². The van der Waals surface area contributed by atoms with Crippen LogP contribution in [0.3, 0.4) is 0 Å². The predicted octanol–water partition coefficient (Wildman–Crippen LogP) is 3.30. The summed E-state index contributed by atoms with van der Waals surface area (Å²) in [5.41, 5.74) is 11.7. The summed E-state index contributed by atoms with van der Waals surface area (Å²) >= 11 is 0. The van der Waals surface area contributed by atoms with Gasteiger partial charge in [0.15, 0.2) is 0 Å². The summed E-state index contributed by atoms with van der Waals surface area (Å²) in [6.45, 7) is 16.0. The van der Waals surface area contributed by atoms with Crippen molar-refractivity contribution in [2.45, 2.75) is 59.8 Å². The number of H-pyrrole nitrogens is 2. The van der Waals surface area contributed by atoms with Gasteiger partial charge in [-0.1, -0.05) is 37.0 Å². The third kappa shape index (κ3) is 6.14. The number of quaternary nitrogens is 1. The van der Waals surface area contributed by atoms with Crippen LogP contribution >= 0.6 is 0 Å². The van der Waals surface area contributed by atoms with E-state index in [1.165, 1.54) is 0 Å². The molecule has 0 spiro atoms. The number of carboxylic acids is 1. The van der Waals surface area contributed by atoms with Crippen molar-refractivity contribution in [2.75, 3.05) is 0 Å². The van der Waals surface area contributed by atoms with E-state index in [1.807, 2.05) is 51.2 Å². The minimum atomic E-state index is -0.891. The van der Waals surface area contributed by atoms with Crippen LogP contribution in [0.1, 0.15) is 73.2 Å². The Kier molecular flexibility index (Phi) is 8.97. The van der Waals surface area contributed by atoms with Gasteiger partial charge in [-0.05, 0) is 75.3 Å². The standard InChI is InChI=1S/C34H38N4O4/c1-7-23-19(4)28-15-26(35)18(3)22(10-13-33(39)40)9-12-27-25(11-14-34(41)42)21(6)30(36-27)17-32-24(8-2)20(5)29(38-32)16-31(23)37-28/h7-8,12,15-17,35-38H,1-2,9-11,13-14H2,3-6H3,(H,39,40)(H,41,42)/p+2. The van der Waals surface area contributed by atoms with E-state index in [-0.39, 0.29) is 12.8 Å². The van der Waals surface area contributed by atoms with Crippen molar-refractivity contribution < 1.29 is 25.1 Å². The lowest BCUT2D eigenvalue weighted by Crippen LogP contribution is -2.77. The number of carbonyl (C=O) groups is 2. The van der Waals surface area contributed by atoms with Crippen molar-refractivity contribution in [2.24, 2.45) is 0 Å². The lowest BCUT2D eigenvalue weighted by Gasteiger charge is -2.10. The van der Waals surface area contributed by atoms with Gasteiger partial charge in [0.2, 0.25) is 0 Å². The summed E-state index contributed by atoms with van der Waals surface area (Å²) in [4.78, 5) is 30.1. The second kappa shape index (κ2) is 12.4. The molecule has 0 radical (unpaired) electrons. The summed E-state index contributed by atoms with van der Waals surface area (Å²) < 4.78 is 0. The van der Waals surface area contributed by atoms with E-state index in [0.717, 1.165) is 78.0 Å². The molecule has 0 saturated heterocycles. The van der Waals surface area contributed by atoms with Crippen molar-refractivity contribution in [3.8, 4) is 0 Å². The first kappa shape index (κ1) is 30.3. The monoisotopic (exact) mass is 568 g/mol. The van der Waals surface area contributed by atoms with Gasteiger partial charge in [0, 0.05) is 62.2 Å². The van der Waals surface area contributed by atoms with E-state index in [0.29, 0.717) is 25.0 Å². The molecule has 4 rings (SSSR count). The van der Waals surface area contributed by atoms with Gasteiger partial charge in [0.25, 0.3) is 0 Å². The Morgan fingerprint density at radius 2 is 1.69 bits per heavy atom. The van der Waals surface area contributed by atoms with Gasteiger partial charge >= 0.3 is 11.9 Å². The zero-order valence-corrected chi connectivity index (χ0v) is 24.8. The van der Waals surface area contributed by atoms with Gasteiger partial charge in [-0.2, -0.15) is 0 Å². The van der Waals surface area contributed by atoms with Crippen molar-refractivity contribution in [3.05, 3.63) is 103 Å². The molecule has 6 bridgehead atoms. The third-order valence-electron chi connectivity index (χ3n) is 8.30. The summed E-state index contributed by atoms with van der Waals surface area (Å²) in [6.07, 6.45) is 12.9. The average molecular weight is 569 g/mol. The number of aromatic nitrogens is 2. The molecule has 2 aromatic rings. The lowest BCUT2D eigenvalue weighted by molar-refractivity contribution is -0.539. The van der Waals surface area contributed by atoms with Crippen LogP contribution in [0, 0.1) is 19.3 Å². The van der Waals surface area contributed by atoms with E-state index in [2.05, 4.69) is 41.4 Å². The molecular formula is C34H40N4O4+2. The van der Waals surface area contributed by atoms with Crippen LogP contribution in [0.2, 0.25) is 0 Å². The number of rotatable bonds is 8. The maximum Gasteiger partial charge on any atom is 0.516 e. The number of nitrogens with two attached hydrogens (primary N) is 1. The SMILES string of the molecule is C=CC1=C(C)C2=CC(=N)C(C)=C(CCC(=O)O)CC=c3[nH]c(c(C)c3CCC(=O)[OH2+])=Cc3[nH]c(c(C)c3C=C)C=C1[NH2+]2. The van der Waals surface area contributed by atoms with E-state index >= 15 is 0 Å². The van der Waals surface area contributed by atoms with Crippen molar-refractivity contribution in [1.29, 1.82) is 5.41 Å². The summed E-state index contributed by atoms with van der Waals surface area (Å²) in [5.74, 6) is -1.51. The highest BCUT2D eigenvalue weighted by Crippen LogP contribution is 2.28. The Morgan fingerprint density at radius 3 is 2.33 bits per heavy atom. The first-order valence-electron chi connectivity index (χ1n) is 14.0. The molecule has 0 fully saturated rings. The summed E-state index contributed by atoms with van der Waals surface area (Å²) in [6, 6.07) is 0. The van der Waals surface area contributed by atoms with Gasteiger partial charge in [-0.3, -0.25) is 10.1 Å². The van der Waals surface area contributed by atoms with Crippen molar-refractivity contribution in [1.82, 2.24) is 9.97 Å². The number of nitrogens with one attached hydrogen (secondary N) is 3. The molecule has 2 aromatic heterocycles. The fraction of sp³-hybridized carbons (Fsp3) is 0.265. The Bertz CT molecular complexity index is 1770. The predicted molar refractivity (Wildman–Crippen MR) is 168 cm³/mol. The molecule has 4 heterocycles. The zero-order chi connectivity index (χ0) is 30.7. The minimum absolute atomic E-state index is 0.0372. The maximum atomic E-state index is 11.6. The number of allylic oxidation sites excluding steroid dienone is 5. The smallest absolute Gasteiger partial charge is 0.516 e. The third-order valence-corrected chi connectivity index (χ3v) is 8.30. The molecule has 8 N–H and O–H groups in total. The number of hydrogen-bond donors (Lipinski definition) is 5. The van der Waals surface area contributed by atoms with Crippen LogP contribution in [0.25, 0.3) is 24.3 Å². The molecule has 2 aliphatic rings. The van der Waals surface area contributed by atoms with Gasteiger partial charge in [-0.15, -0.1) is 0 Å². The largest absolute Gasteiger partial charge is 0.565 e. The number of fused-ring (bicyclic) bond motifs is 6. The molecular weight excluding hydrogens is 528 g/mol. The summed E-state index contributed by atoms with van der Waals surface area (Å²) in [7, 11) is 0. The second-order valence-electron chi connectivity index (χ2n) is 10.8. The second-order valence-corrected chi connectivity index (χ2v) is 10.8. The number of aliphatic carboxylic acids is 1. The van der Waals surface area contributed by atoms with Crippen molar-refractivity contribution in [3.63, 3.8) is 0 Å². The zero-order valence-electron chi connectivity index (χ0n) is 24.8. The molecule has 0 aliphatic carbocycles. The molecule has 0 aromatic carbocycles. The number of carbonyl (C=O) groups excluding carboxylic acids is 1. The quantitative estimate of drug-likeness (QED) is 0.311.